The van der Waals surface area contributed by atoms with E-state index in [0.717, 1.165) is 11.1 Å². The Kier molecular flexibility index (Phi) is 7.23. The van der Waals surface area contributed by atoms with Gasteiger partial charge in [-0.15, -0.1) is 0 Å². The van der Waals surface area contributed by atoms with Gasteiger partial charge < -0.3 is 14.4 Å². The lowest BCUT2D eigenvalue weighted by Gasteiger charge is -2.37. The van der Waals surface area contributed by atoms with E-state index in [4.69, 9.17) is 9.47 Å². The van der Waals surface area contributed by atoms with Gasteiger partial charge in [0.25, 0.3) is 0 Å². The Labute approximate surface area is 184 Å². The van der Waals surface area contributed by atoms with E-state index >= 15 is 0 Å². The zero-order valence-corrected chi connectivity index (χ0v) is 19.3. The van der Waals surface area contributed by atoms with Crippen molar-refractivity contribution in [3.63, 3.8) is 0 Å². The predicted molar refractivity (Wildman–Crippen MR) is 119 cm³/mol. The van der Waals surface area contributed by atoms with Crippen LogP contribution in [-0.2, 0) is 21.2 Å². The van der Waals surface area contributed by atoms with Gasteiger partial charge >= 0.3 is 0 Å². The van der Waals surface area contributed by atoms with Gasteiger partial charge in [0.1, 0.15) is 0 Å². The van der Waals surface area contributed by atoms with E-state index in [9.17, 15) is 13.2 Å². The highest BCUT2D eigenvalue weighted by Gasteiger charge is 2.32. The van der Waals surface area contributed by atoms with Crippen LogP contribution in [0, 0.1) is 0 Å². The SMILES string of the molecule is CCCN(CC(=O)N1CCc2cc(OC)c(OC)cc2C1C)S(=O)(=O)c1ccccc1. The van der Waals surface area contributed by atoms with Gasteiger partial charge in [-0.2, -0.15) is 4.31 Å². The third kappa shape index (κ3) is 4.70. The number of fused-ring (bicyclic) bond motifs is 1. The molecular formula is C23H30N2O5S. The van der Waals surface area contributed by atoms with Gasteiger partial charge in [0.05, 0.1) is 31.7 Å². The van der Waals surface area contributed by atoms with Gasteiger partial charge in [-0.25, -0.2) is 8.42 Å². The average molecular weight is 447 g/mol. The summed E-state index contributed by atoms with van der Waals surface area (Å²) in [6, 6.07) is 11.9. The fourth-order valence-electron chi connectivity index (χ4n) is 4.00. The largest absolute Gasteiger partial charge is 0.493 e. The van der Waals surface area contributed by atoms with Crippen LogP contribution in [-0.4, -0.2) is 57.4 Å². The highest BCUT2D eigenvalue weighted by atomic mass is 32.2. The van der Waals surface area contributed by atoms with E-state index in [1.807, 2.05) is 26.0 Å². The highest BCUT2D eigenvalue weighted by molar-refractivity contribution is 7.89. The van der Waals surface area contributed by atoms with Crippen LogP contribution in [0.25, 0.3) is 0 Å². The lowest BCUT2D eigenvalue weighted by Crippen LogP contribution is -2.46. The van der Waals surface area contributed by atoms with E-state index in [2.05, 4.69) is 0 Å². The maximum atomic E-state index is 13.2. The Morgan fingerprint density at radius 3 is 2.39 bits per heavy atom. The molecule has 7 nitrogen and oxygen atoms in total. The second-order valence-electron chi connectivity index (χ2n) is 7.57. The first-order valence-electron chi connectivity index (χ1n) is 10.4. The lowest BCUT2D eigenvalue weighted by atomic mass is 9.92. The first-order chi connectivity index (χ1) is 14.8. The second kappa shape index (κ2) is 9.70. The van der Waals surface area contributed by atoms with Gasteiger partial charge in [0.2, 0.25) is 15.9 Å². The zero-order chi connectivity index (χ0) is 22.6. The van der Waals surface area contributed by atoms with E-state index < -0.39 is 10.0 Å². The average Bonchev–Trinajstić information content (AvgIpc) is 2.78. The maximum absolute atomic E-state index is 13.2. The number of hydrogen-bond acceptors (Lipinski definition) is 5. The van der Waals surface area contributed by atoms with Crippen molar-refractivity contribution in [2.75, 3.05) is 33.9 Å². The standard InChI is InChI=1S/C23H30N2O5S/c1-5-12-24(31(27,28)19-9-7-6-8-10-19)16-23(26)25-13-11-18-14-21(29-3)22(30-4)15-20(18)17(25)2/h6-10,14-15,17H,5,11-13,16H2,1-4H3. The monoisotopic (exact) mass is 446 g/mol. The molecule has 0 bridgehead atoms. The molecule has 8 heteroatoms. The summed E-state index contributed by atoms with van der Waals surface area (Å²) in [5.74, 6) is 1.07. The van der Waals surface area contributed by atoms with Crippen LogP contribution in [0.2, 0.25) is 0 Å². The van der Waals surface area contributed by atoms with Crippen LogP contribution in [0.1, 0.15) is 37.4 Å². The molecule has 0 spiro atoms. The van der Waals surface area contributed by atoms with Crippen LogP contribution >= 0.6 is 0 Å². The van der Waals surface area contributed by atoms with Crippen molar-refractivity contribution in [3.8, 4) is 11.5 Å². The summed E-state index contributed by atoms with van der Waals surface area (Å²) in [6.45, 7) is 4.48. The molecule has 31 heavy (non-hydrogen) atoms. The van der Waals surface area contributed by atoms with Crippen LogP contribution in [0.4, 0.5) is 0 Å². The number of rotatable bonds is 8. The van der Waals surface area contributed by atoms with Crippen molar-refractivity contribution in [2.24, 2.45) is 0 Å². The number of amides is 1. The molecule has 0 saturated heterocycles. The summed E-state index contributed by atoms with van der Waals surface area (Å²) in [7, 11) is -0.565. The van der Waals surface area contributed by atoms with E-state index in [0.29, 0.717) is 30.9 Å². The molecule has 1 aliphatic heterocycles. The van der Waals surface area contributed by atoms with Gasteiger partial charge in [-0.3, -0.25) is 4.79 Å². The number of ether oxygens (including phenoxy) is 2. The normalized spacial score (nSPS) is 16.2. The van der Waals surface area contributed by atoms with Crippen molar-refractivity contribution in [3.05, 3.63) is 53.6 Å². The molecule has 168 valence electrons. The molecule has 2 aromatic carbocycles. The summed E-state index contributed by atoms with van der Waals surface area (Å²) in [5.41, 5.74) is 2.10. The van der Waals surface area contributed by atoms with Crippen LogP contribution < -0.4 is 9.47 Å². The molecule has 2 aromatic rings. The Morgan fingerprint density at radius 2 is 1.77 bits per heavy atom. The highest BCUT2D eigenvalue weighted by Crippen LogP contribution is 2.38. The topological polar surface area (TPSA) is 76.2 Å². The number of sulfonamides is 1. The van der Waals surface area contributed by atoms with Crippen molar-refractivity contribution in [1.29, 1.82) is 0 Å². The molecule has 1 aliphatic rings. The van der Waals surface area contributed by atoms with Crippen molar-refractivity contribution in [1.82, 2.24) is 9.21 Å². The molecule has 0 N–H and O–H groups in total. The molecule has 0 fully saturated rings. The molecule has 3 rings (SSSR count). The first kappa shape index (κ1) is 23.1. The number of carbonyl (C=O) groups is 1. The van der Waals surface area contributed by atoms with E-state index in [1.54, 1.807) is 49.5 Å². The second-order valence-corrected chi connectivity index (χ2v) is 9.51. The Morgan fingerprint density at radius 1 is 1.13 bits per heavy atom. The third-order valence-corrected chi connectivity index (χ3v) is 7.53. The summed E-state index contributed by atoms with van der Waals surface area (Å²) in [5, 5.41) is 0. The predicted octanol–water partition coefficient (Wildman–Crippen LogP) is 3.25. The Balaban J connectivity index is 1.84. The van der Waals surface area contributed by atoms with Crippen LogP contribution in [0.15, 0.2) is 47.4 Å². The van der Waals surface area contributed by atoms with Crippen LogP contribution in [0.3, 0.4) is 0 Å². The number of nitrogens with zero attached hydrogens (tertiary/aromatic N) is 2. The number of methoxy groups -OCH3 is 2. The van der Waals surface area contributed by atoms with Gasteiger partial charge in [0, 0.05) is 13.1 Å². The van der Waals surface area contributed by atoms with Gasteiger partial charge in [-0.1, -0.05) is 25.1 Å². The fraction of sp³-hybridized carbons (Fsp3) is 0.435. The molecular weight excluding hydrogens is 416 g/mol. The molecule has 0 radical (unpaired) electrons. The van der Waals surface area contributed by atoms with Crippen molar-refractivity contribution in [2.45, 2.75) is 37.6 Å². The van der Waals surface area contributed by atoms with E-state index in [1.165, 1.54) is 4.31 Å². The number of carbonyl (C=O) groups excluding carboxylic acids is 1. The lowest BCUT2D eigenvalue weighted by molar-refractivity contribution is -0.134. The van der Waals surface area contributed by atoms with E-state index in [-0.39, 0.29) is 29.9 Å². The quantitative estimate of drug-likeness (QED) is 0.622. The summed E-state index contributed by atoms with van der Waals surface area (Å²) < 4.78 is 38.3. The molecule has 1 atom stereocenters. The van der Waals surface area contributed by atoms with Crippen LogP contribution in [0.5, 0.6) is 11.5 Å². The summed E-state index contributed by atoms with van der Waals surface area (Å²) in [6.07, 6.45) is 1.29. The number of hydrogen-bond donors (Lipinski definition) is 0. The van der Waals surface area contributed by atoms with Gasteiger partial charge in [-0.05, 0) is 55.2 Å². The Hall–Kier alpha value is -2.58. The minimum atomic E-state index is -3.75. The third-order valence-electron chi connectivity index (χ3n) is 5.67. The molecule has 1 unspecified atom stereocenters. The number of benzene rings is 2. The minimum Gasteiger partial charge on any atom is -0.493 e. The Bertz CT molecular complexity index is 1020. The molecule has 1 amide bonds. The summed E-state index contributed by atoms with van der Waals surface area (Å²) >= 11 is 0. The minimum absolute atomic E-state index is 0.183. The van der Waals surface area contributed by atoms with Crippen molar-refractivity contribution < 1.29 is 22.7 Å². The molecule has 0 aromatic heterocycles. The summed E-state index contributed by atoms with van der Waals surface area (Å²) in [4.78, 5) is 15.2. The van der Waals surface area contributed by atoms with Crippen molar-refractivity contribution >= 4 is 15.9 Å². The maximum Gasteiger partial charge on any atom is 0.243 e. The fourth-order valence-corrected chi connectivity index (χ4v) is 5.50. The van der Waals surface area contributed by atoms with Gasteiger partial charge in [0.15, 0.2) is 11.5 Å². The smallest absolute Gasteiger partial charge is 0.243 e. The molecule has 0 saturated carbocycles. The molecule has 0 aliphatic carbocycles. The first-order valence-corrected chi connectivity index (χ1v) is 11.9. The zero-order valence-electron chi connectivity index (χ0n) is 18.5. The molecule has 1 heterocycles.